The lowest BCUT2D eigenvalue weighted by Gasteiger charge is -2.21. The highest BCUT2D eigenvalue weighted by molar-refractivity contribution is 5.66. The lowest BCUT2D eigenvalue weighted by molar-refractivity contribution is 0.193. The van der Waals surface area contributed by atoms with E-state index in [4.69, 9.17) is 9.72 Å². The van der Waals surface area contributed by atoms with Gasteiger partial charge in [0.15, 0.2) is 11.6 Å². The summed E-state index contributed by atoms with van der Waals surface area (Å²) in [7, 11) is 4.12. The third-order valence-corrected chi connectivity index (χ3v) is 4.72. The largest absolute Gasteiger partial charge is 0.482 e. The van der Waals surface area contributed by atoms with Crippen molar-refractivity contribution in [1.82, 2.24) is 9.97 Å². The van der Waals surface area contributed by atoms with Crippen LogP contribution in [-0.2, 0) is 4.74 Å². The minimum absolute atomic E-state index is 0.0224. The standard InChI is InChI=1S/C22H23N3O/c1-15-21(16-9-5-4-6-10-16)24-22(23-15)20-14-13-19(26-20)17-11-7-8-12-18(17)25(2)3/h4-12,14,19H,13H2,1-3H3,(H,23,24). The minimum Gasteiger partial charge on any atom is -0.482 e. The summed E-state index contributed by atoms with van der Waals surface area (Å²) in [5.74, 6) is 1.63. The molecule has 0 fully saturated rings. The number of H-pyrrole nitrogens is 1. The Morgan fingerprint density at radius 2 is 1.77 bits per heavy atom. The summed E-state index contributed by atoms with van der Waals surface area (Å²) in [6.45, 7) is 2.05. The Morgan fingerprint density at radius 1 is 1.04 bits per heavy atom. The molecule has 2 aromatic carbocycles. The fraction of sp³-hybridized carbons (Fsp3) is 0.227. The predicted molar refractivity (Wildman–Crippen MR) is 106 cm³/mol. The number of hydrogen-bond acceptors (Lipinski definition) is 3. The van der Waals surface area contributed by atoms with Gasteiger partial charge >= 0.3 is 0 Å². The van der Waals surface area contributed by atoms with Gasteiger partial charge in [-0.1, -0.05) is 48.5 Å². The molecule has 3 aromatic rings. The fourth-order valence-electron chi connectivity index (χ4n) is 3.43. The topological polar surface area (TPSA) is 41.2 Å². The number of aromatic nitrogens is 2. The Hall–Kier alpha value is -3.01. The molecule has 1 aromatic heterocycles. The Balaban J connectivity index is 1.59. The highest BCUT2D eigenvalue weighted by Gasteiger charge is 2.26. The molecule has 1 N–H and O–H groups in total. The summed E-state index contributed by atoms with van der Waals surface area (Å²) in [6.07, 6.45) is 3.00. The number of para-hydroxylation sites is 1. The van der Waals surface area contributed by atoms with Crippen molar-refractivity contribution >= 4 is 11.4 Å². The molecule has 4 nitrogen and oxygen atoms in total. The Labute approximate surface area is 154 Å². The molecule has 1 atom stereocenters. The van der Waals surface area contributed by atoms with Gasteiger partial charge in [-0.25, -0.2) is 4.98 Å². The van der Waals surface area contributed by atoms with Crippen LogP contribution in [0.5, 0.6) is 0 Å². The van der Waals surface area contributed by atoms with Gasteiger partial charge in [0, 0.05) is 43.0 Å². The molecule has 4 heteroatoms. The number of hydrogen-bond donors (Lipinski definition) is 1. The van der Waals surface area contributed by atoms with Crippen LogP contribution in [-0.4, -0.2) is 24.1 Å². The van der Waals surface area contributed by atoms with Gasteiger partial charge in [0.1, 0.15) is 6.10 Å². The average molecular weight is 345 g/mol. The molecular weight excluding hydrogens is 322 g/mol. The summed E-state index contributed by atoms with van der Waals surface area (Å²) in [4.78, 5) is 10.3. The van der Waals surface area contributed by atoms with Crippen molar-refractivity contribution in [2.75, 3.05) is 19.0 Å². The van der Waals surface area contributed by atoms with Crippen molar-refractivity contribution in [3.8, 4) is 11.3 Å². The number of anilines is 1. The van der Waals surface area contributed by atoms with Gasteiger partial charge in [-0.05, 0) is 19.1 Å². The maximum absolute atomic E-state index is 6.27. The third-order valence-electron chi connectivity index (χ3n) is 4.72. The van der Waals surface area contributed by atoms with Crippen LogP contribution in [0.1, 0.15) is 29.6 Å². The first kappa shape index (κ1) is 16.5. The van der Waals surface area contributed by atoms with Crippen LogP contribution in [0.2, 0.25) is 0 Å². The first-order chi connectivity index (χ1) is 12.6. The Kier molecular flexibility index (Phi) is 4.25. The lowest BCUT2D eigenvalue weighted by atomic mass is 10.0. The normalized spacial score (nSPS) is 16.3. The molecule has 1 aliphatic heterocycles. The number of aromatic amines is 1. The van der Waals surface area contributed by atoms with Gasteiger partial charge in [0.25, 0.3) is 0 Å². The summed E-state index contributed by atoms with van der Waals surface area (Å²) in [5.41, 5.74) is 5.53. The maximum atomic E-state index is 6.27. The van der Waals surface area contributed by atoms with Gasteiger partial charge in [-0.3, -0.25) is 0 Å². The highest BCUT2D eigenvalue weighted by atomic mass is 16.5. The minimum atomic E-state index is 0.0224. The molecule has 0 bridgehead atoms. The molecule has 0 aliphatic carbocycles. The zero-order valence-electron chi connectivity index (χ0n) is 15.4. The van der Waals surface area contributed by atoms with Crippen LogP contribution in [0.4, 0.5) is 5.69 Å². The molecule has 1 aliphatic rings. The van der Waals surface area contributed by atoms with Crippen LogP contribution in [0, 0.1) is 6.92 Å². The van der Waals surface area contributed by atoms with Crippen molar-refractivity contribution in [3.63, 3.8) is 0 Å². The van der Waals surface area contributed by atoms with Crippen LogP contribution >= 0.6 is 0 Å². The molecule has 1 unspecified atom stereocenters. The van der Waals surface area contributed by atoms with E-state index in [9.17, 15) is 0 Å². The van der Waals surface area contributed by atoms with Gasteiger partial charge in [0.05, 0.1) is 5.69 Å². The van der Waals surface area contributed by atoms with E-state index in [-0.39, 0.29) is 6.10 Å². The van der Waals surface area contributed by atoms with Crippen molar-refractivity contribution in [2.45, 2.75) is 19.4 Å². The zero-order chi connectivity index (χ0) is 18.1. The lowest BCUT2D eigenvalue weighted by Crippen LogP contribution is -2.13. The van der Waals surface area contributed by atoms with Crippen molar-refractivity contribution < 1.29 is 4.74 Å². The van der Waals surface area contributed by atoms with E-state index in [2.05, 4.69) is 66.5 Å². The smallest absolute Gasteiger partial charge is 0.173 e. The third kappa shape index (κ3) is 2.99. The molecule has 0 saturated carbocycles. The van der Waals surface area contributed by atoms with Crippen LogP contribution in [0.25, 0.3) is 17.0 Å². The van der Waals surface area contributed by atoms with E-state index < -0.39 is 0 Å². The fourth-order valence-corrected chi connectivity index (χ4v) is 3.43. The van der Waals surface area contributed by atoms with Gasteiger partial charge in [-0.2, -0.15) is 0 Å². The van der Waals surface area contributed by atoms with Crippen molar-refractivity contribution in [1.29, 1.82) is 0 Å². The van der Waals surface area contributed by atoms with Gasteiger partial charge in [-0.15, -0.1) is 0 Å². The predicted octanol–water partition coefficient (Wildman–Crippen LogP) is 4.95. The maximum Gasteiger partial charge on any atom is 0.173 e. The summed E-state index contributed by atoms with van der Waals surface area (Å²) in [6, 6.07) is 18.6. The monoisotopic (exact) mass is 345 g/mol. The summed E-state index contributed by atoms with van der Waals surface area (Å²) < 4.78 is 6.27. The van der Waals surface area contributed by atoms with Crippen LogP contribution in [0.15, 0.2) is 60.7 Å². The molecule has 0 radical (unpaired) electrons. The second kappa shape index (κ2) is 6.71. The van der Waals surface area contributed by atoms with E-state index in [1.165, 1.54) is 11.3 Å². The van der Waals surface area contributed by atoms with Crippen molar-refractivity contribution in [2.24, 2.45) is 0 Å². The second-order valence-electron chi connectivity index (χ2n) is 6.79. The van der Waals surface area contributed by atoms with E-state index in [0.717, 1.165) is 35.0 Å². The number of aryl methyl sites for hydroxylation is 1. The van der Waals surface area contributed by atoms with Gasteiger partial charge < -0.3 is 14.6 Å². The first-order valence-electron chi connectivity index (χ1n) is 8.89. The molecule has 0 amide bonds. The van der Waals surface area contributed by atoms with Gasteiger partial charge in [0.2, 0.25) is 0 Å². The second-order valence-corrected chi connectivity index (χ2v) is 6.79. The average Bonchev–Trinajstić information content (AvgIpc) is 3.29. The molecule has 132 valence electrons. The van der Waals surface area contributed by atoms with E-state index in [1.54, 1.807) is 0 Å². The van der Waals surface area contributed by atoms with E-state index in [0.29, 0.717) is 0 Å². The first-order valence-corrected chi connectivity index (χ1v) is 8.89. The number of nitrogens with zero attached hydrogens (tertiary/aromatic N) is 2. The van der Waals surface area contributed by atoms with Crippen LogP contribution < -0.4 is 4.90 Å². The number of benzene rings is 2. The Bertz CT molecular complexity index is 941. The SMILES string of the molecule is Cc1[nH]c(C2=CCC(c3ccccc3N(C)C)O2)nc1-c1ccccc1. The summed E-state index contributed by atoms with van der Waals surface area (Å²) in [5, 5.41) is 0. The molecule has 0 spiro atoms. The summed E-state index contributed by atoms with van der Waals surface area (Å²) >= 11 is 0. The number of imidazole rings is 1. The van der Waals surface area contributed by atoms with Crippen molar-refractivity contribution in [3.05, 3.63) is 77.8 Å². The molecule has 26 heavy (non-hydrogen) atoms. The molecule has 0 saturated heterocycles. The molecule has 4 rings (SSSR count). The molecular formula is C22H23N3O. The quantitative estimate of drug-likeness (QED) is 0.727. The molecule has 2 heterocycles. The zero-order valence-corrected chi connectivity index (χ0v) is 15.4. The number of rotatable bonds is 4. The highest BCUT2D eigenvalue weighted by Crippen LogP contribution is 2.39. The van der Waals surface area contributed by atoms with Crippen LogP contribution in [0.3, 0.4) is 0 Å². The number of nitrogens with one attached hydrogen (secondary N) is 1. The van der Waals surface area contributed by atoms with E-state index >= 15 is 0 Å². The van der Waals surface area contributed by atoms with E-state index in [1.807, 2.05) is 25.1 Å². The Morgan fingerprint density at radius 3 is 2.54 bits per heavy atom. The number of ether oxygens (including phenoxy) is 1.